The summed E-state index contributed by atoms with van der Waals surface area (Å²) in [7, 11) is 0. The second kappa shape index (κ2) is 7.55. The molecule has 1 N–H and O–H groups in total. The summed E-state index contributed by atoms with van der Waals surface area (Å²) in [5.74, 6) is 1.62. The maximum absolute atomic E-state index is 6.61. The molecular formula is C23H17BrN4OS2. The third kappa shape index (κ3) is 3.12. The number of halogens is 1. The Morgan fingerprint density at radius 1 is 1.10 bits per heavy atom. The lowest BCUT2D eigenvalue weighted by Crippen LogP contribution is -2.32. The number of fused-ring (bicyclic) bond motifs is 3. The van der Waals surface area contributed by atoms with Crippen molar-refractivity contribution in [1.29, 1.82) is 0 Å². The van der Waals surface area contributed by atoms with Crippen LogP contribution in [0.2, 0.25) is 0 Å². The number of nitrogens with zero attached hydrogens (tertiary/aromatic N) is 3. The Kier molecular flexibility index (Phi) is 4.66. The van der Waals surface area contributed by atoms with Crippen LogP contribution in [0.15, 0.2) is 81.2 Å². The molecule has 0 spiro atoms. The highest BCUT2D eigenvalue weighted by Crippen LogP contribution is 2.51. The van der Waals surface area contributed by atoms with E-state index in [4.69, 9.17) is 14.8 Å². The monoisotopic (exact) mass is 508 g/mol. The Bertz CT molecular complexity index is 1300. The molecule has 0 amide bonds. The van der Waals surface area contributed by atoms with Gasteiger partial charge in [-0.15, -0.1) is 16.4 Å². The molecule has 5 nitrogen and oxygen atoms in total. The maximum Gasteiger partial charge on any atom is 0.227 e. The van der Waals surface area contributed by atoms with Crippen molar-refractivity contribution in [2.45, 2.75) is 17.3 Å². The molecule has 0 saturated carbocycles. The van der Waals surface area contributed by atoms with Crippen molar-refractivity contribution in [3.05, 3.63) is 92.1 Å². The van der Waals surface area contributed by atoms with Gasteiger partial charge in [-0.3, -0.25) is 0 Å². The van der Waals surface area contributed by atoms with E-state index in [2.05, 4.69) is 69.1 Å². The van der Waals surface area contributed by atoms with Gasteiger partial charge in [0.15, 0.2) is 6.10 Å². The summed E-state index contributed by atoms with van der Waals surface area (Å²) in [6.45, 7) is 0. The number of rotatable bonds is 3. The van der Waals surface area contributed by atoms with Crippen LogP contribution >= 0.6 is 39.0 Å². The van der Waals surface area contributed by atoms with Crippen LogP contribution in [-0.2, 0) is 0 Å². The van der Waals surface area contributed by atoms with Crippen LogP contribution in [0.1, 0.15) is 28.1 Å². The average Bonchev–Trinajstić information content (AvgIpc) is 3.47. The van der Waals surface area contributed by atoms with Crippen LogP contribution in [-0.4, -0.2) is 21.0 Å². The molecule has 31 heavy (non-hydrogen) atoms. The van der Waals surface area contributed by atoms with Crippen molar-refractivity contribution in [2.24, 2.45) is 0 Å². The first-order valence-corrected chi connectivity index (χ1v) is 12.7. The lowest BCUT2D eigenvalue weighted by Gasteiger charge is -2.38. The van der Waals surface area contributed by atoms with Crippen LogP contribution in [0.25, 0.3) is 5.70 Å². The van der Waals surface area contributed by atoms with Crippen LogP contribution in [0.4, 0.5) is 5.95 Å². The highest BCUT2D eigenvalue weighted by atomic mass is 79.9. The first-order chi connectivity index (χ1) is 15.2. The zero-order valence-corrected chi connectivity index (χ0v) is 19.7. The fourth-order valence-corrected chi connectivity index (χ4v) is 5.57. The number of para-hydroxylation sites is 1. The molecule has 4 aromatic rings. The summed E-state index contributed by atoms with van der Waals surface area (Å²) in [5.41, 5.74) is 4.39. The Morgan fingerprint density at radius 3 is 2.71 bits per heavy atom. The molecule has 0 aliphatic carbocycles. The SMILES string of the molecule is CSc1nc2n(n1)C(c1ccc(Br)cc1)C1=C(N2)c2ccccc2OC1c1cccs1. The average molecular weight is 509 g/mol. The summed E-state index contributed by atoms with van der Waals surface area (Å²) in [6.07, 6.45) is 1.79. The standard InChI is InChI=1S/C23H17BrN4OS2/c1-30-23-26-22-25-19-15-5-2-3-6-16(15)29-21(17-7-4-12-31-17)18(19)20(28(22)27-23)13-8-10-14(24)11-9-13/h2-12,20-21H,1H3,(H,25,26,27). The van der Waals surface area contributed by atoms with Crippen molar-refractivity contribution < 1.29 is 4.74 Å². The van der Waals surface area contributed by atoms with Gasteiger partial charge < -0.3 is 10.1 Å². The van der Waals surface area contributed by atoms with Crippen LogP contribution in [0.3, 0.4) is 0 Å². The van der Waals surface area contributed by atoms with Gasteiger partial charge in [-0.2, -0.15) is 4.98 Å². The van der Waals surface area contributed by atoms with E-state index in [1.165, 1.54) is 4.88 Å². The lowest BCUT2D eigenvalue weighted by atomic mass is 9.87. The molecule has 2 atom stereocenters. The fraction of sp³-hybridized carbons (Fsp3) is 0.130. The number of ether oxygens (including phenoxy) is 1. The van der Waals surface area contributed by atoms with Gasteiger partial charge in [0.1, 0.15) is 11.8 Å². The normalized spacial score (nSPS) is 19.2. The smallest absolute Gasteiger partial charge is 0.227 e. The summed E-state index contributed by atoms with van der Waals surface area (Å²) in [5, 5.41) is 11.2. The van der Waals surface area contributed by atoms with Crippen molar-refractivity contribution in [3.8, 4) is 5.75 Å². The highest BCUT2D eigenvalue weighted by Gasteiger charge is 2.41. The van der Waals surface area contributed by atoms with E-state index in [0.29, 0.717) is 0 Å². The van der Waals surface area contributed by atoms with Gasteiger partial charge in [-0.05, 0) is 47.5 Å². The minimum Gasteiger partial charge on any atom is -0.480 e. The molecule has 0 saturated heterocycles. The summed E-state index contributed by atoms with van der Waals surface area (Å²) in [4.78, 5) is 5.90. The van der Waals surface area contributed by atoms with Crippen molar-refractivity contribution >= 4 is 50.7 Å². The zero-order valence-electron chi connectivity index (χ0n) is 16.4. The quantitative estimate of drug-likeness (QED) is 0.325. The predicted octanol–water partition coefficient (Wildman–Crippen LogP) is 6.38. The minimum atomic E-state index is -0.207. The second-order valence-corrected chi connectivity index (χ2v) is 9.95. The number of thioether (sulfide) groups is 1. The minimum absolute atomic E-state index is 0.131. The maximum atomic E-state index is 6.61. The predicted molar refractivity (Wildman–Crippen MR) is 129 cm³/mol. The van der Waals surface area contributed by atoms with Crippen LogP contribution in [0.5, 0.6) is 5.75 Å². The Balaban J connectivity index is 1.64. The number of thiophene rings is 1. The van der Waals surface area contributed by atoms with Gasteiger partial charge in [-0.25, -0.2) is 4.68 Å². The van der Waals surface area contributed by atoms with Crippen molar-refractivity contribution in [2.75, 3.05) is 11.6 Å². The third-order valence-electron chi connectivity index (χ3n) is 5.53. The zero-order chi connectivity index (χ0) is 20.9. The van der Waals surface area contributed by atoms with Crippen LogP contribution in [0, 0.1) is 0 Å². The Hall–Kier alpha value is -2.55. The molecule has 154 valence electrons. The molecule has 4 heterocycles. The Morgan fingerprint density at radius 2 is 1.94 bits per heavy atom. The van der Waals surface area contributed by atoms with E-state index in [1.54, 1.807) is 23.1 Å². The van der Waals surface area contributed by atoms with E-state index in [0.717, 1.165) is 43.7 Å². The van der Waals surface area contributed by atoms with Gasteiger partial charge in [0.2, 0.25) is 11.1 Å². The second-order valence-electron chi connectivity index (χ2n) is 7.29. The van der Waals surface area contributed by atoms with Gasteiger partial charge in [-0.1, -0.05) is 58.0 Å². The number of aromatic nitrogens is 3. The van der Waals surface area contributed by atoms with Gasteiger partial charge in [0.05, 0.1) is 5.70 Å². The molecule has 2 unspecified atom stereocenters. The molecule has 2 aromatic carbocycles. The summed E-state index contributed by atoms with van der Waals surface area (Å²) in [6, 6.07) is 20.7. The van der Waals surface area contributed by atoms with Gasteiger partial charge in [0, 0.05) is 20.5 Å². The number of hydrogen-bond donors (Lipinski definition) is 1. The van der Waals surface area contributed by atoms with E-state index in [1.807, 2.05) is 29.1 Å². The summed E-state index contributed by atoms with van der Waals surface area (Å²) >= 11 is 6.81. The molecule has 2 aromatic heterocycles. The molecule has 0 bridgehead atoms. The highest BCUT2D eigenvalue weighted by molar-refractivity contribution is 9.10. The van der Waals surface area contributed by atoms with Gasteiger partial charge in [0.25, 0.3) is 0 Å². The number of anilines is 1. The lowest BCUT2D eigenvalue weighted by molar-refractivity contribution is 0.226. The molecule has 2 aliphatic heterocycles. The molecule has 2 aliphatic rings. The molecule has 6 rings (SSSR count). The van der Waals surface area contributed by atoms with Crippen molar-refractivity contribution in [1.82, 2.24) is 14.8 Å². The van der Waals surface area contributed by atoms with Gasteiger partial charge >= 0.3 is 0 Å². The first kappa shape index (κ1) is 19.2. The third-order valence-corrected chi connectivity index (χ3v) is 7.51. The first-order valence-electron chi connectivity index (χ1n) is 9.79. The molecule has 8 heteroatoms. The largest absolute Gasteiger partial charge is 0.480 e. The molecule has 0 fully saturated rings. The van der Waals surface area contributed by atoms with E-state index >= 15 is 0 Å². The number of benzene rings is 2. The fourth-order valence-electron chi connectivity index (χ4n) is 4.19. The van der Waals surface area contributed by atoms with Crippen LogP contribution < -0.4 is 10.1 Å². The number of nitrogens with one attached hydrogen (secondary N) is 1. The van der Waals surface area contributed by atoms with Crippen molar-refractivity contribution in [3.63, 3.8) is 0 Å². The Labute approximate surface area is 196 Å². The molecular weight excluding hydrogens is 492 g/mol. The van der Waals surface area contributed by atoms with E-state index in [-0.39, 0.29) is 12.1 Å². The number of hydrogen-bond acceptors (Lipinski definition) is 6. The van der Waals surface area contributed by atoms with E-state index < -0.39 is 0 Å². The summed E-state index contributed by atoms with van der Waals surface area (Å²) < 4.78 is 9.64. The molecule has 0 radical (unpaired) electrons. The topological polar surface area (TPSA) is 52.0 Å². The van der Waals surface area contributed by atoms with E-state index in [9.17, 15) is 0 Å².